The van der Waals surface area contributed by atoms with E-state index in [-0.39, 0.29) is 18.4 Å². The molecule has 0 fully saturated rings. The minimum Gasteiger partial charge on any atom is -0.335 e. The molecule has 0 unspecified atom stereocenters. The Bertz CT molecular complexity index is 965. The third-order valence-electron chi connectivity index (χ3n) is 5.25. The number of carbonyl (C=O) groups excluding carboxylic acids is 1. The van der Waals surface area contributed by atoms with Crippen LogP contribution < -0.4 is 0 Å². The van der Waals surface area contributed by atoms with Gasteiger partial charge in [-0.1, -0.05) is 47.5 Å². The third-order valence-corrected chi connectivity index (χ3v) is 5.96. The molecule has 0 saturated heterocycles. The van der Waals surface area contributed by atoms with Crippen molar-refractivity contribution in [1.82, 2.24) is 15.1 Å². The summed E-state index contributed by atoms with van der Waals surface area (Å²) in [6.07, 6.45) is 4.75. The molecular weight excluding hydrogens is 381 g/mol. The summed E-state index contributed by atoms with van der Waals surface area (Å²) >= 11 is 12.5. The lowest BCUT2D eigenvalue weighted by Gasteiger charge is -2.36. The summed E-state index contributed by atoms with van der Waals surface area (Å²) in [7, 11) is 0. The number of aromatic nitrogens is 2. The van der Waals surface area contributed by atoms with Gasteiger partial charge in [0.15, 0.2) is 0 Å². The molecule has 0 bridgehead atoms. The minimum atomic E-state index is -0.00522. The number of H-pyrrole nitrogens is 1. The average Bonchev–Trinajstić information content (AvgIpc) is 3.19. The first-order valence-corrected chi connectivity index (χ1v) is 9.65. The van der Waals surface area contributed by atoms with Crippen LogP contribution in [0.1, 0.15) is 29.7 Å². The molecule has 27 heavy (non-hydrogen) atoms. The average molecular weight is 400 g/mol. The van der Waals surface area contributed by atoms with Gasteiger partial charge in [0.05, 0.1) is 18.7 Å². The van der Waals surface area contributed by atoms with E-state index in [2.05, 4.69) is 29.3 Å². The molecule has 0 radical (unpaired) electrons. The number of hydrogen-bond donors (Lipinski definition) is 1. The van der Waals surface area contributed by atoms with Crippen molar-refractivity contribution in [3.8, 4) is 11.1 Å². The number of nitrogens with one attached hydrogen (secondary N) is 1. The molecule has 3 aromatic rings. The Morgan fingerprint density at radius 3 is 2.67 bits per heavy atom. The Hall–Kier alpha value is -2.30. The van der Waals surface area contributed by atoms with E-state index >= 15 is 0 Å². The summed E-state index contributed by atoms with van der Waals surface area (Å²) in [6.45, 7) is 2.74. The normalized spacial score (nSPS) is 16.3. The van der Waals surface area contributed by atoms with Gasteiger partial charge in [-0.25, -0.2) is 0 Å². The standard InChI is InChI=1S/C21H19Cl2N3O/c1-13-15-4-2-5-16(14-11-24-25-12-14)17(15)8-9-26(13)21(27)10-18-19(22)6-3-7-20(18)23/h2-7,11-13H,8-10H2,1H3,(H,24,25)/t13-/m0/s1. The second-order valence-electron chi connectivity index (χ2n) is 6.75. The maximum Gasteiger partial charge on any atom is 0.227 e. The van der Waals surface area contributed by atoms with E-state index in [1.165, 1.54) is 16.7 Å². The molecule has 0 saturated carbocycles. The van der Waals surface area contributed by atoms with Gasteiger partial charge in [0.2, 0.25) is 5.91 Å². The number of nitrogens with zero attached hydrogens (tertiary/aromatic N) is 2. The quantitative estimate of drug-likeness (QED) is 0.667. The van der Waals surface area contributed by atoms with Crippen LogP contribution in [-0.4, -0.2) is 27.5 Å². The molecule has 2 heterocycles. The van der Waals surface area contributed by atoms with Crippen LogP contribution in [0.4, 0.5) is 0 Å². The number of halogens is 2. The second-order valence-corrected chi connectivity index (χ2v) is 7.56. The molecule has 1 N–H and O–H groups in total. The lowest BCUT2D eigenvalue weighted by Crippen LogP contribution is -2.40. The van der Waals surface area contributed by atoms with Crippen molar-refractivity contribution in [2.24, 2.45) is 0 Å². The summed E-state index contributed by atoms with van der Waals surface area (Å²) in [5.74, 6) is 0.0388. The first-order chi connectivity index (χ1) is 13.1. The van der Waals surface area contributed by atoms with E-state index < -0.39 is 0 Å². The van der Waals surface area contributed by atoms with E-state index in [4.69, 9.17) is 23.2 Å². The molecule has 0 spiro atoms. The smallest absolute Gasteiger partial charge is 0.227 e. The summed E-state index contributed by atoms with van der Waals surface area (Å²) < 4.78 is 0. The third kappa shape index (κ3) is 3.35. The van der Waals surface area contributed by atoms with Gasteiger partial charge in [0.25, 0.3) is 0 Å². The maximum absolute atomic E-state index is 13.0. The van der Waals surface area contributed by atoms with Crippen LogP contribution in [0.5, 0.6) is 0 Å². The molecule has 2 aromatic carbocycles. The number of amides is 1. The van der Waals surface area contributed by atoms with Crippen LogP contribution in [0, 0.1) is 0 Å². The molecule has 4 nitrogen and oxygen atoms in total. The number of rotatable bonds is 3. The summed E-state index contributed by atoms with van der Waals surface area (Å²) in [6, 6.07) is 11.6. The Labute approximate surface area is 168 Å². The summed E-state index contributed by atoms with van der Waals surface area (Å²) in [5.41, 5.74) is 5.40. The number of benzene rings is 2. The van der Waals surface area contributed by atoms with Crippen LogP contribution >= 0.6 is 23.2 Å². The second kappa shape index (κ2) is 7.37. The molecule has 6 heteroatoms. The fraction of sp³-hybridized carbons (Fsp3) is 0.238. The predicted molar refractivity (Wildman–Crippen MR) is 108 cm³/mol. The van der Waals surface area contributed by atoms with Gasteiger partial charge in [0.1, 0.15) is 0 Å². The van der Waals surface area contributed by atoms with Gasteiger partial charge in [-0.15, -0.1) is 0 Å². The van der Waals surface area contributed by atoms with Gasteiger partial charge < -0.3 is 4.90 Å². The Kier molecular flexibility index (Phi) is 4.94. The van der Waals surface area contributed by atoms with E-state index in [1.807, 2.05) is 23.4 Å². The van der Waals surface area contributed by atoms with Crippen molar-refractivity contribution in [3.05, 3.63) is 75.5 Å². The zero-order valence-electron chi connectivity index (χ0n) is 14.9. The van der Waals surface area contributed by atoms with Gasteiger partial charge in [0, 0.05) is 28.4 Å². The fourth-order valence-corrected chi connectivity index (χ4v) is 4.36. The lowest BCUT2D eigenvalue weighted by atomic mass is 9.87. The monoisotopic (exact) mass is 399 g/mol. The van der Waals surface area contributed by atoms with E-state index in [9.17, 15) is 4.79 Å². The van der Waals surface area contributed by atoms with Crippen molar-refractivity contribution >= 4 is 29.1 Å². The van der Waals surface area contributed by atoms with Gasteiger partial charge in [-0.05, 0) is 47.7 Å². The van der Waals surface area contributed by atoms with Crippen molar-refractivity contribution in [1.29, 1.82) is 0 Å². The van der Waals surface area contributed by atoms with Gasteiger partial charge in [-0.2, -0.15) is 5.10 Å². The van der Waals surface area contributed by atoms with E-state index in [0.29, 0.717) is 22.2 Å². The zero-order chi connectivity index (χ0) is 19.0. The summed E-state index contributed by atoms with van der Waals surface area (Å²) in [5, 5.41) is 7.99. The Morgan fingerprint density at radius 2 is 1.96 bits per heavy atom. The number of carbonyl (C=O) groups is 1. The topological polar surface area (TPSA) is 49.0 Å². The van der Waals surface area contributed by atoms with Crippen LogP contribution in [0.15, 0.2) is 48.8 Å². The minimum absolute atomic E-state index is 0.00522. The van der Waals surface area contributed by atoms with Crippen LogP contribution in [-0.2, 0) is 17.6 Å². The largest absolute Gasteiger partial charge is 0.335 e. The first-order valence-electron chi connectivity index (χ1n) is 8.89. The van der Waals surface area contributed by atoms with Crippen molar-refractivity contribution in [3.63, 3.8) is 0 Å². The molecule has 0 aliphatic carbocycles. The summed E-state index contributed by atoms with van der Waals surface area (Å²) in [4.78, 5) is 14.9. The number of hydrogen-bond acceptors (Lipinski definition) is 2. The van der Waals surface area contributed by atoms with Crippen molar-refractivity contribution in [2.45, 2.75) is 25.8 Å². The number of aromatic amines is 1. The first kappa shape index (κ1) is 18.1. The Morgan fingerprint density at radius 1 is 1.22 bits per heavy atom. The van der Waals surface area contributed by atoms with Crippen LogP contribution in [0.25, 0.3) is 11.1 Å². The highest BCUT2D eigenvalue weighted by Crippen LogP contribution is 2.36. The molecule has 1 aromatic heterocycles. The molecule has 138 valence electrons. The van der Waals surface area contributed by atoms with Crippen molar-refractivity contribution < 1.29 is 4.79 Å². The van der Waals surface area contributed by atoms with Crippen LogP contribution in [0.2, 0.25) is 10.0 Å². The SMILES string of the molecule is C[C@H]1c2cccc(-c3cn[nH]c3)c2CCN1C(=O)Cc1c(Cl)cccc1Cl. The van der Waals surface area contributed by atoms with Gasteiger partial charge in [-0.3, -0.25) is 9.89 Å². The molecule has 1 aliphatic heterocycles. The predicted octanol–water partition coefficient (Wildman–Crippen LogP) is 5.07. The molecule has 1 amide bonds. The highest BCUT2D eigenvalue weighted by atomic mass is 35.5. The molecule has 1 atom stereocenters. The highest BCUT2D eigenvalue weighted by molar-refractivity contribution is 6.36. The van der Waals surface area contributed by atoms with Crippen molar-refractivity contribution in [2.75, 3.05) is 6.54 Å². The van der Waals surface area contributed by atoms with Crippen LogP contribution in [0.3, 0.4) is 0 Å². The maximum atomic E-state index is 13.0. The Balaban J connectivity index is 1.61. The van der Waals surface area contributed by atoms with E-state index in [1.54, 1.807) is 18.2 Å². The van der Waals surface area contributed by atoms with E-state index in [0.717, 1.165) is 12.0 Å². The molecular formula is C21H19Cl2N3O. The molecule has 4 rings (SSSR count). The highest BCUT2D eigenvalue weighted by Gasteiger charge is 2.29. The number of fused-ring (bicyclic) bond motifs is 1. The van der Waals surface area contributed by atoms with Gasteiger partial charge >= 0.3 is 0 Å². The fourth-order valence-electron chi connectivity index (χ4n) is 3.83. The zero-order valence-corrected chi connectivity index (χ0v) is 16.4. The molecule has 1 aliphatic rings. The lowest BCUT2D eigenvalue weighted by molar-refractivity contribution is -0.133.